The zero-order valence-corrected chi connectivity index (χ0v) is 16.3. The molecule has 0 bridgehead atoms. The lowest BCUT2D eigenvalue weighted by Crippen LogP contribution is -2.17. The van der Waals surface area contributed by atoms with Crippen LogP contribution >= 0.6 is 11.8 Å². The van der Waals surface area contributed by atoms with Gasteiger partial charge in [-0.3, -0.25) is 4.79 Å². The third-order valence-electron chi connectivity index (χ3n) is 4.12. The van der Waals surface area contributed by atoms with Crippen molar-refractivity contribution in [2.45, 2.75) is 25.5 Å². The molecule has 1 N–H and O–H groups in total. The second kappa shape index (κ2) is 8.26. The van der Waals surface area contributed by atoms with Crippen LogP contribution in [0.25, 0.3) is 11.0 Å². The Morgan fingerprint density at radius 2 is 2.00 bits per heavy atom. The molecule has 7 heteroatoms. The number of imidazole rings is 1. The lowest BCUT2D eigenvalue weighted by atomic mass is 10.1. The van der Waals surface area contributed by atoms with E-state index in [9.17, 15) is 9.59 Å². The number of methoxy groups -OCH3 is 1. The zero-order chi connectivity index (χ0) is 19.4. The number of benzene rings is 2. The number of anilines is 1. The Balaban J connectivity index is 1.73. The van der Waals surface area contributed by atoms with Gasteiger partial charge in [0.15, 0.2) is 5.16 Å². The van der Waals surface area contributed by atoms with Crippen molar-refractivity contribution in [1.82, 2.24) is 9.55 Å². The number of ether oxygens (including phenoxy) is 1. The Morgan fingerprint density at radius 1 is 1.22 bits per heavy atom. The topological polar surface area (TPSA) is 73.2 Å². The van der Waals surface area contributed by atoms with Gasteiger partial charge in [-0.05, 0) is 38.1 Å². The molecular formula is C20H21N3O3S. The van der Waals surface area contributed by atoms with Crippen LogP contribution in [0.2, 0.25) is 0 Å². The Labute approximate surface area is 161 Å². The summed E-state index contributed by atoms with van der Waals surface area (Å²) < 4.78 is 6.88. The summed E-state index contributed by atoms with van der Waals surface area (Å²) in [7, 11) is 1.32. The van der Waals surface area contributed by atoms with Crippen molar-refractivity contribution in [3.8, 4) is 0 Å². The van der Waals surface area contributed by atoms with Gasteiger partial charge >= 0.3 is 5.97 Å². The van der Waals surface area contributed by atoms with Crippen LogP contribution in [0.1, 0.15) is 22.8 Å². The standard InChI is InChI=1S/C20H21N3O3S/c1-4-23-17-8-6-5-7-16(17)22-20(23)27-12-18(24)21-15-10-9-13(2)11-14(15)19(25)26-3/h5-11H,4,12H2,1-3H3,(H,21,24). The molecule has 0 spiro atoms. The molecule has 3 aromatic rings. The molecule has 0 saturated heterocycles. The third kappa shape index (κ3) is 4.14. The zero-order valence-electron chi connectivity index (χ0n) is 15.5. The maximum atomic E-state index is 12.4. The van der Waals surface area contributed by atoms with Crippen molar-refractivity contribution < 1.29 is 14.3 Å². The van der Waals surface area contributed by atoms with E-state index < -0.39 is 5.97 Å². The SMILES string of the molecule is CCn1c(SCC(=O)Nc2ccc(C)cc2C(=O)OC)nc2ccccc21. The predicted octanol–water partition coefficient (Wildman–Crippen LogP) is 3.88. The smallest absolute Gasteiger partial charge is 0.339 e. The number of carbonyl (C=O) groups excluding carboxylic acids is 2. The molecule has 27 heavy (non-hydrogen) atoms. The highest BCUT2D eigenvalue weighted by Gasteiger charge is 2.16. The quantitative estimate of drug-likeness (QED) is 0.516. The van der Waals surface area contributed by atoms with Crippen LogP contribution in [0.3, 0.4) is 0 Å². The number of carbonyl (C=O) groups is 2. The van der Waals surface area contributed by atoms with Gasteiger partial charge in [0.05, 0.1) is 35.1 Å². The van der Waals surface area contributed by atoms with Gasteiger partial charge in [0.1, 0.15) is 0 Å². The van der Waals surface area contributed by atoms with Gasteiger partial charge in [-0.2, -0.15) is 0 Å². The lowest BCUT2D eigenvalue weighted by Gasteiger charge is -2.11. The molecule has 0 atom stereocenters. The first-order chi connectivity index (χ1) is 13.0. The monoisotopic (exact) mass is 383 g/mol. The van der Waals surface area contributed by atoms with Gasteiger partial charge in [-0.1, -0.05) is 35.5 Å². The van der Waals surface area contributed by atoms with E-state index in [1.54, 1.807) is 12.1 Å². The minimum Gasteiger partial charge on any atom is -0.465 e. The van der Waals surface area contributed by atoms with Crippen molar-refractivity contribution in [1.29, 1.82) is 0 Å². The van der Waals surface area contributed by atoms with Crippen molar-refractivity contribution in [3.05, 3.63) is 53.6 Å². The maximum absolute atomic E-state index is 12.4. The van der Waals surface area contributed by atoms with Crippen LogP contribution in [0, 0.1) is 6.92 Å². The second-order valence-electron chi connectivity index (χ2n) is 6.00. The molecule has 3 rings (SSSR count). The van der Waals surface area contributed by atoms with Crippen molar-refractivity contribution in [2.75, 3.05) is 18.2 Å². The first-order valence-electron chi connectivity index (χ1n) is 8.60. The highest BCUT2D eigenvalue weighted by molar-refractivity contribution is 7.99. The molecule has 140 valence electrons. The third-order valence-corrected chi connectivity index (χ3v) is 5.10. The van der Waals surface area contributed by atoms with E-state index in [1.807, 2.05) is 44.2 Å². The lowest BCUT2D eigenvalue weighted by molar-refractivity contribution is -0.113. The Bertz CT molecular complexity index is 997. The number of aromatic nitrogens is 2. The summed E-state index contributed by atoms with van der Waals surface area (Å²) in [4.78, 5) is 29.0. The van der Waals surface area contributed by atoms with Crippen LogP contribution < -0.4 is 5.32 Å². The summed E-state index contributed by atoms with van der Waals surface area (Å²) in [5.74, 6) is -0.490. The molecule has 1 aromatic heterocycles. The second-order valence-corrected chi connectivity index (χ2v) is 6.95. The van der Waals surface area contributed by atoms with Crippen molar-refractivity contribution >= 4 is 40.4 Å². The van der Waals surface area contributed by atoms with Gasteiger partial charge < -0.3 is 14.6 Å². The number of para-hydroxylation sites is 2. The largest absolute Gasteiger partial charge is 0.465 e. The van der Waals surface area contributed by atoms with E-state index in [2.05, 4.69) is 14.9 Å². The van der Waals surface area contributed by atoms with E-state index >= 15 is 0 Å². The number of hydrogen-bond acceptors (Lipinski definition) is 5. The van der Waals surface area contributed by atoms with E-state index in [1.165, 1.54) is 18.9 Å². The summed E-state index contributed by atoms with van der Waals surface area (Å²) in [6.45, 7) is 4.70. The summed E-state index contributed by atoms with van der Waals surface area (Å²) >= 11 is 1.37. The van der Waals surface area contributed by atoms with E-state index in [4.69, 9.17) is 4.74 Å². The summed E-state index contributed by atoms with van der Waals surface area (Å²) in [6, 6.07) is 13.2. The maximum Gasteiger partial charge on any atom is 0.339 e. The molecule has 0 radical (unpaired) electrons. The van der Waals surface area contributed by atoms with Gasteiger partial charge in [-0.25, -0.2) is 9.78 Å². The molecule has 0 fully saturated rings. The highest BCUT2D eigenvalue weighted by Crippen LogP contribution is 2.25. The number of thioether (sulfide) groups is 1. The number of aryl methyl sites for hydroxylation is 2. The highest BCUT2D eigenvalue weighted by atomic mass is 32.2. The molecule has 0 aliphatic carbocycles. The molecule has 0 saturated carbocycles. The van der Waals surface area contributed by atoms with E-state index in [-0.39, 0.29) is 11.7 Å². The molecule has 0 aliphatic heterocycles. The van der Waals surface area contributed by atoms with Crippen LogP contribution in [0.5, 0.6) is 0 Å². The molecule has 1 heterocycles. The van der Waals surface area contributed by atoms with Crippen molar-refractivity contribution in [2.24, 2.45) is 0 Å². The normalized spacial score (nSPS) is 10.8. The van der Waals surface area contributed by atoms with Gasteiger partial charge in [0.2, 0.25) is 5.91 Å². The van der Waals surface area contributed by atoms with E-state index in [0.29, 0.717) is 11.3 Å². The van der Waals surface area contributed by atoms with Gasteiger partial charge in [-0.15, -0.1) is 0 Å². The average Bonchev–Trinajstić information content (AvgIpc) is 3.04. The minimum atomic E-state index is -0.477. The number of nitrogens with one attached hydrogen (secondary N) is 1. The van der Waals surface area contributed by atoms with Crippen LogP contribution in [-0.4, -0.2) is 34.3 Å². The van der Waals surface area contributed by atoms with Crippen LogP contribution in [0.15, 0.2) is 47.6 Å². The number of fused-ring (bicyclic) bond motifs is 1. The van der Waals surface area contributed by atoms with Gasteiger partial charge in [0, 0.05) is 6.54 Å². The van der Waals surface area contributed by atoms with Crippen LogP contribution in [0.4, 0.5) is 5.69 Å². The minimum absolute atomic E-state index is 0.192. The van der Waals surface area contributed by atoms with Gasteiger partial charge in [0.25, 0.3) is 0 Å². The first-order valence-corrected chi connectivity index (χ1v) is 9.59. The number of hydrogen-bond donors (Lipinski definition) is 1. The molecule has 2 aromatic carbocycles. The molecular weight excluding hydrogens is 362 g/mol. The fourth-order valence-corrected chi connectivity index (χ4v) is 3.71. The fraction of sp³-hybridized carbons (Fsp3) is 0.250. The Kier molecular flexibility index (Phi) is 5.81. The predicted molar refractivity (Wildman–Crippen MR) is 107 cm³/mol. The average molecular weight is 383 g/mol. The Hall–Kier alpha value is -2.80. The number of esters is 1. The van der Waals surface area contributed by atoms with Crippen LogP contribution in [-0.2, 0) is 16.1 Å². The molecule has 1 amide bonds. The molecule has 0 aliphatic rings. The van der Waals surface area contributed by atoms with Crippen molar-refractivity contribution in [3.63, 3.8) is 0 Å². The summed E-state index contributed by atoms with van der Waals surface area (Å²) in [5.41, 5.74) is 3.67. The number of rotatable bonds is 6. The summed E-state index contributed by atoms with van der Waals surface area (Å²) in [5, 5.41) is 3.59. The number of nitrogens with zero attached hydrogens (tertiary/aromatic N) is 2. The Morgan fingerprint density at radius 3 is 2.74 bits per heavy atom. The first kappa shape index (κ1) is 19.0. The summed E-state index contributed by atoms with van der Waals surface area (Å²) in [6.07, 6.45) is 0. The van der Waals surface area contributed by atoms with E-state index in [0.717, 1.165) is 28.3 Å². The molecule has 0 unspecified atom stereocenters. The molecule has 6 nitrogen and oxygen atoms in total. The number of amides is 1. The fourth-order valence-electron chi connectivity index (χ4n) is 2.83.